The fraction of sp³-hybridized carbons (Fsp3) is 0.250. The van der Waals surface area contributed by atoms with E-state index in [0.29, 0.717) is 12.2 Å². The van der Waals surface area contributed by atoms with Gasteiger partial charge in [0.15, 0.2) is 0 Å². The topological polar surface area (TPSA) is 9.23 Å². The third-order valence-electron chi connectivity index (χ3n) is 1.20. The third kappa shape index (κ3) is 1.54. The summed E-state index contributed by atoms with van der Waals surface area (Å²) in [6.45, 7) is 0.320. The van der Waals surface area contributed by atoms with Crippen LogP contribution in [-0.2, 0) is 11.3 Å². The fourth-order valence-electron chi connectivity index (χ4n) is 0.715. The average Bonchev–Trinajstić information content (AvgIpc) is 1.94. The van der Waals surface area contributed by atoms with Crippen LogP contribution in [0.3, 0.4) is 0 Å². The van der Waals surface area contributed by atoms with Gasteiger partial charge in [0, 0.05) is 12.7 Å². The molecule has 1 aromatic rings. The summed E-state index contributed by atoms with van der Waals surface area (Å²) >= 11 is 0. The van der Waals surface area contributed by atoms with E-state index in [0.717, 1.165) is 0 Å². The van der Waals surface area contributed by atoms with E-state index in [1.807, 2.05) is 0 Å². The molecule has 0 aromatic heterocycles. The van der Waals surface area contributed by atoms with Crippen molar-refractivity contribution in [3.8, 4) is 0 Å². The Bertz CT molecular complexity index is 210. The summed E-state index contributed by atoms with van der Waals surface area (Å²) in [5, 5.41) is 0. The molecule has 53 valence electrons. The molecule has 1 nitrogen and oxygen atoms in total. The Balaban J connectivity index is 2.81. The van der Waals surface area contributed by atoms with Crippen LogP contribution in [0.1, 0.15) is 5.56 Å². The second-order valence-electron chi connectivity index (χ2n) is 1.95. The Labute approximate surface area is 59.4 Å². The lowest BCUT2D eigenvalue weighted by molar-refractivity contribution is 0.181. The summed E-state index contributed by atoms with van der Waals surface area (Å²) < 4.78 is 17.4. The van der Waals surface area contributed by atoms with Crippen molar-refractivity contribution in [2.75, 3.05) is 7.11 Å². The van der Waals surface area contributed by atoms with E-state index in [-0.39, 0.29) is 5.82 Å². The number of hydrogen-bond acceptors (Lipinski definition) is 1. The number of halogens is 1. The van der Waals surface area contributed by atoms with Crippen LogP contribution < -0.4 is 0 Å². The molecule has 0 saturated heterocycles. The highest BCUT2D eigenvalue weighted by atomic mass is 19.1. The van der Waals surface area contributed by atoms with Gasteiger partial charge in [-0.05, 0) is 12.1 Å². The van der Waals surface area contributed by atoms with E-state index in [2.05, 4.69) is 6.07 Å². The molecule has 2 heteroatoms. The van der Waals surface area contributed by atoms with E-state index in [4.69, 9.17) is 4.74 Å². The van der Waals surface area contributed by atoms with E-state index in [1.165, 1.54) is 13.2 Å². The third-order valence-corrected chi connectivity index (χ3v) is 1.20. The molecule has 10 heavy (non-hydrogen) atoms. The normalized spacial score (nSPS) is 9.80. The van der Waals surface area contributed by atoms with Gasteiger partial charge in [-0.1, -0.05) is 12.1 Å². The lowest BCUT2D eigenvalue weighted by Gasteiger charge is -1.98. The Morgan fingerprint density at radius 1 is 1.70 bits per heavy atom. The van der Waals surface area contributed by atoms with Crippen molar-refractivity contribution in [1.29, 1.82) is 0 Å². The molecule has 0 aliphatic rings. The van der Waals surface area contributed by atoms with Gasteiger partial charge in [0.2, 0.25) is 0 Å². The summed E-state index contributed by atoms with van der Waals surface area (Å²) in [7, 11) is 1.54. The average molecular weight is 139 g/mol. The van der Waals surface area contributed by atoms with E-state index in [1.54, 1.807) is 12.1 Å². The maximum Gasteiger partial charge on any atom is 0.129 e. The first-order valence-electron chi connectivity index (χ1n) is 2.98. The predicted octanol–water partition coefficient (Wildman–Crippen LogP) is 1.77. The number of ether oxygens (including phenoxy) is 1. The Morgan fingerprint density at radius 3 is 3.10 bits per heavy atom. The van der Waals surface area contributed by atoms with Crippen molar-refractivity contribution in [3.05, 3.63) is 35.6 Å². The van der Waals surface area contributed by atoms with Gasteiger partial charge in [-0.15, -0.1) is 0 Å². The highest BCUT2D eigenvalue weighted by Crippen LogP contribution is 2.05. The molecule has 1 radical (unpaired) electrons. The van der Waals surface area contributed by atoms with Crippen molar-refractivity contribution in [2.45, 2.75) is 6.61 Å². The first kappa shape index (κ1) is 7.22. The molecule has 0 heterocycles. The van der Waals surface area contributed by atoms with Gasteiger partial charge in [0.1, 0.15) is 5.82 Å². The maximum atomic E-state index is 12.7. The summed E-state index contributed by atoms with van der Waals surface area (Å²) in [5.41, 5.74) is 0.571. The van der Waals surface area contributed by atoms with Crippen LogP contribution in [0.2, 0.25) is 0 Å². The molecule has 0 aliphatic heterocycles. The molecule has 0 atom stereocenters. The largest absolute Gasteiger partial charge is 0.380 e. The lowest BCUT2D eigenvalue weighted by Crippen LogP contribution is -1.90. The summed E-state index contributed by atoms with van der Waals surface area (Å²) in [5.74, 6) is -0.260. The van der Waals surface area contributed by atoms with Gasteiger partial charge >= 0.3 is 0 Å². The first-order valence-corrected chi connectivity index (χ1v) is 2.98. The zero-order valence-corrected chi connectivity index (χ0v) is 5.73. The lowest BCUT2D eigenvalue weighted by atomic mass is 10.2. The molecule has 0 fully saturated rings. The smallest absolute Gasteiger partial charge is 0.129 e. The summed E-state index contributed by atoms with van der Waals surface area (Å²) in [6, 6.07) is 7.24. The van der Waals surface area contributed by atoms with Crippen LogP contribution in [0.5, 0.6) is 0 Å². The number of hydrogen-bond donors (Lipinski definition) is 0. The molecular weight excluding hydrogens is 131 g/mol. The van der Waals surface area contributed by atoms with Crippen LogP contribution >= 0.6 is 0 Å². The highest BCUT2D eigenvalue weighted by molar-refractivity contribution is 5.15. The number of methoxy groups -OCH3 is 1. The Morgan fingerprint density at radius 2 is 2.50 bits per heavy atom. The molecule has 1 aromatic carbocycles. The minimum atomic E-state index is -0.260. The van der Waals surface area contributed by atoms with Gasteiger partial charge in [-0.3, -0.25) is 0 Å². The fourth-order valence-corrected chi connectivity index (χ4v) is 0.715. The second-order valence-corrected chi connectivity index (χ2v) is 1.95. The molecule has 0 amide bonds. The standard InChI is InChI=1S/C8H8FO/c1-10-6-7-4-2-3-5-8(7)9/h2,4-5H,6H2,1H3. The summed E-state index contributed by atoms with van der Waals surface area (Å²) in [6.07, 6.45) is 0. The summed E-state index contributed by atoms with van der Waals surface area (Å²) in [4.78, 5) is 0. The molecule has 0 spiro atoms. The van der Waals surface area contributed by atoms with Crippen LogP contribution in [0, 0.1) is 11.9 Å². The minimum absolute atomic E-state index is 0.260. The van der Waals surface area contributed by atoms with Gasteiger partial charge < -0.3 is 4.74 Å². The highest BCUT2D eigenvalue weighted by Gasteiger charge is 1.97. The monoisotopic (exact) mass is 139 g/mol. The van der Waals surface area contributed by atoms with Crippen LogP contribution in [0.25, 0.3) is 0 Å². The van der Waals surface area contributed by atoms with Crippen molar-refractivity contribution >= 4 is 0 Å². The zero-order chi connectivity index (χ0) is 7.40. The number of rotatable bonds is 2. The molecule has 0 unspecified atom stereocenters. The van der Waals surface area contributed by atoms with Gasteiger partial charge in [-0.25, -0.2) is 4.39 Å². The van der Waals surface area contributed by atoms with Crippen molar-refractivity contribution < 1.29 is 9.13 Å². The Hall–Kier alpha value is -0.890. The molecular formula is C8H8FO. The predicted molar refractivity (Wildman–Crippen MR) is 35.9 cm³/mol. The van der Waals surface area contributed by atoms with E-state index in [9.17, 15) is 4.39 Å². The molecule has 0 bridgehead atoms. The van der Waals surface area contributed by atoms with Crippen molar-refractivity contribution in [3.63, 3.8) is 0 Å². The van der Waals surface area contributed by atoms with E-state index < -0.39 is 0 Å². The molecule has 0 N–H and O–H groups in total. The van der Waals surface area contributed by atoms with E-state index >= 15 is 0 Å². The minimum Gasteiger partial charge on any atom is -0.380 e. The van der Waals surface area contributed by atoms with Gasteiger partial charge in [0.25, 0.3) is 0 Å². The molecule has 0 saturated carbocycles. The molecule has 1 rings (SSSR count). The van der Waals surface area contributed by atoms with Crippen molar-refractivity contribution in [1.82, 2.24) is 0 Å². The quantitative estimate of drug-likeness (QED) is 0.606. The maximum absolute atomic E-state index is 12.7. The zero-order valence-electron chi connectivity index (χ0n) is 5.73. The van der Waals surface area contributed by atoms with Crippen LogP contribution in [0.15, 0.2) is 18.2 Å². The second kappa shape index (κ2) is 3.32. The first-order chi connectivity index (χ1) is 4.84. The molecule has 0 aliphatic carbocycles. The number of benzene rings is 1. The SMILES string of the molecule is COCc1cc[c]cc1F. The van der Waals surface area contributed by atoms with Gasteiger partial charge in [0.05, 0.1) is 6.61 Å². The van der Waals surface area contributed by atoms with Crippen LogP contribution in [0.4, 0.5) is 4.39 Å². The van der Waals surface area contributed by atoms with Gasteiger partial charge in [-0.2, -0.15) is 0 Å². The Kier molecular flexibility index (Phi) is 2.40. The van der Waals surface area contributed by atoms with Crippen LogP contribution in [-0.4, -0.2) is 7.11 Å². The van der Waals surface area contributed by atoms with Crippen molar-refractivity contribution in [2.24, 2.45) is 0 Å².